The average molecular weight is 173 g/mol. The fourth-order valence-electron chi connectivity index (χ4n) is 0.691. The lowest BCUT2D eigenvalue weighted by molar-refractivity contribution is 0.275. The van der Waals surface area contributed by atoms with Crippen molar-refractivity contribution in [1.29, 1.82) is 0 Å². The summed E-state index contributed by atoms with van der Waals surface area (Å²) in [6.45, 7) is -0.276. The monoisotopic (exact) mass is 173 g/mol. The van der Waals surface area contributed by atoms with Gasteiger partial charge in [-0.05, 0) is 12.3 Å². The summed E-state index contributed by atoms with van der Waals surface area (Å²) in [5.41, 5.74) is 0.296. The second-order valence-electron chi connectivity index (χ2n) is 1.98. The molecule has 0 radical (unpaired) electrons. The van der Waals surface area contributed by atoms with Crippen LogP contribution in [0.15, 0.2) is 17.3 Å². The van der Waals surface area contributed by atoms with Crippen LogP contribution < -0.4 is 0 Å². The second-order valence-corrected chi connectivity index (χ2v) is 2.80. The smallest absolute Gasteiger partial charge is 0.147 e. The van der Waals surface area contributed by atoms with E-state index in [1.807, 2.05) is 6.26 Å². The first-order valence-electron chi connectivity index (χ1n) is 3.07. The van der Waals surface area contributed by atoms with Gasteiger partial charge in [-0.3, -0.25) is 0 Å². The Bertz CT molecular complexity index is 254. The summed E-state index contributed by atoms with van der Waals surface area (Å²) in [5, 5.41) is 9.38. The molecule has 0 amide bonds. The summed E-state index contributed by atoms with van der Waals surface area (Å²) in [5.74, 6) is -0.453. The number of hydrogen-bond acceptors (Lipinski definition) is 3. The third kappa shape index (κ3) is 1.91. The normalized spacial score (nSPS) is 10.1. The Balaban J connectivity index is 3.02. The maximum atomic E-state index is 12.7. The molecule has 0 spiro atoms. The summed E-state index contributed by atoms with van der Waals surface area (Å²) < 4.78 is 12.7. The molecule has 0 aliphatic carbocycles. The van der Waals surface area contributed by atoms with Crippen LogP contribution in [0.5, 0.6) is 0 Å². The maximum Gasteiger partial charge on any atom is 0.147 e. The zero-order valence-electron chi connectivity index (χ0n) is 6.04. The molecule has 0 aliphatic rings. The van der Waals surface area contributed by atoms with Gasteiger partial charge in [0.1, 0.15) is 5.82 Å². The van der Waals surface area contributed by atoms with Crippen LogP contribution in [0.4, 0.5) is 4.39 Å². The predicted octanol–water partition coefficient (Wildman–Crippen LogP) is 1.43. The highest BCUT2D eigenvalue weighted by atomic mass is 32.2. The molecule has 0 unspecified atom stereocenters. The lowest BCUT2D eigenvalue weighted by atomic mass is 10.3. The first-order chi connectivity index (χ1) is 5.27. The zero-order chi connectivity index (χ0) is 8.27. The van der Waals surface area contributed by atoms with Crippen LogP contribution in [-0.2, 0) is 6.61 Å². The molecular formula is C7H8FNOS. The van der Waals surface area contributed by atoms with Gasteiger partial charge in [-0.2, -0.15) is 0 Å². The van der Waals surface area contributed by atoms with E-state index in [2.05, 4.69) is 4.98 Å². The van der Waals surface area contributed by atoms with Gasteiger partial charge < -0.3 is 5.11 Å². The van der Waals surface area contributed by atoms with E-state index in [1.165, 1.54) is 11.8 Å². The number of pyridine rings is 1. The van der Waals surface area contributed by atoms with Gasteiger partial charge in [0.05, 0.1) is 17.8 Å². The minimum atomic E-state index is -0.453. The average Bonchev–Trinajstić information content (AvgIpc) is 2.05. The van der Waals surface area contributed by atoms with E-state index < -0.39 is 5.82 Å². The molecule has 1 aromatic rings. The van der Waals surface area contributed by atoms with Crippen LogP contribution >= 0.6 is 11.8 Å². The molecule has 2 nitrogen and oxygen atoms in total. The van der Waals surface area contributed by atoms with Crippen molar-refractivity contribution >= 4 is 11.8 Å². The number of aliphatic hydroxyl groups excluding tert-OH is 1. The third-order valence-corrected chi connectivity index (χ3v) is 1.93. The molecule has 4 heteroatoms. The van der Waals surface area contributed by atoms with Crippen LogP contribution in [0, 0.1) is 5.82 Å². The van der Waals surface area contributed by atoms with Crippen molar-refractivity contribution in [3.05, 3.63) is 23.6 Å². The highest BCUT2D eigenvalue weighted by Gasteiger charge is 2.01. The van der Waals surface area contributed by atoms with Gasteiger partial charge in [-0.15, -0.1) is 11.8 Å². The van der Waals surface area contributed by atoms with E-state index in [0.717, 1.165) is 11.2 Å². The van der Waals surface area contributed by atoms with Crippen molar-refractivity contribution in [2.24, 2.45) is 0 Å². The largest absolute Gasteiger partial charge is 0.392 e. The van der Waals surface area contributed by atoms with Crippen LogP contribution in [0.25, 0.3) is 0 Å². The number of hydrogen-bond donors (Lipinski definition) is 1. The van der Waals surface area contributed by atoms with Crippen LogP contribution in [0.2, 0.25) is 0 Å². The zero-order valence-corrected chi connectivity index (χ0v) is 6.86. The van der Waals surface area contributed by atoms with Gasteiger partial charge in [0.15, 0.2) is 0 Å². The predicted molar refractivity (Wildman–Crippen MR) is 41.9 cm³/mol. The van der Waals surface area contributed by atoms with Crippen molar-refractivity contribution in [2.75, 3.05) is 6.26 Å². The lowest BCUT2D eigenvalue weighted by Gasteiger charge is -1.99. The van der Waals surface area contributed by atoms with Gasteiger partial charge in [0, 0.05) is 5.56 Å². The van der Waals surface area contributed by atoms with Gasteiger partial charge >= 0.3 is 0 Å². The van der Waals surface area contributed by atoms with Crippen LogP contribution in [0.3, 0.4) is 0 Å². The van der Waals surface area contributed by atoms with E-state index in [4.69, 9.17) is 5.11 Å². The Morgan fingerprint density at radius 2 is 2.45 bits per heavy atom. The molecule has 1 heterocycles. The molecule has 0 fully saturated rings. The number of rotatable bonds is 2. The minimum Gasteiger partial charge on any atom is -0.392 e. The van der Waals surface area contributed by atoms with Crippen molar-refractivity contribution in [3.8, 4) is 0 Å². The Labute approximate surface area is 68.5 Å². The molecule has 0 saturated heterocycles. The van der Waals surface area contributed by atoms with Crippen molar-refractivity contribution < 1.29 is 9.50 Å². The molecule has 1 N–H and O–H groups in total. The van der Waals surface area contributed by atoms with E-state index >= 15 is 0 Å². The highest BCUT2D eigenvalue weighted by molar-refractivity contribution is 7.98. The first-order valence-corrected chi connectivity index (χ1v) is 4.29. The number of nitrogens with zero attached hydrogens (tertiary/aromatic N) is 1. The molecule has 0 aliphatic heterocycles. The molecular weight excluding hydrogens is 165 g/mol. The molecule has 11 heavy (non-hydrogen) atoms. The summed E-state index contributed by atoms with van der Waals surface area (Å²) in [6.07, 6.45) is 2.97. The molecule has 1 aromatic heterocycles. The van der Waals surface area contributed by atoms with Gasteiger partial charge in [-0.25, -0.2) is 9.37 Å². The number of halogens is 1. The molecule has 60 valence electrons. The molecule has 0 saturated carbocycles. The SMILES string of the molecule is CSc1cc(CO)c(F)cn1. The fraction of sp³-hybridized carbons (Fsp3) is 0.286. The standard InChI is InChI=1S/C7H8FNOS/c1-11-7-2-5(4-10)6(8)3-9-7/h2-3,10H,4H2,1H3. The summed E-state index contributed by atoms with van der Waals surface area (Å²) in [4.78, 5) is 3.78. The van der Waals surface area contributed by atoms with E-state index in [-0.39, 0.29) is 6.61 Å². The number of thioether (sulfide) groups is 1. The molecule has 1 rings (SSSR count). The summed E-state index contributed by atoms with van der Waals surface area (Å²) in [7, 11) is 0. The summed E-state index contributed by atoms with van der Waals surface area (Å²) in [6, 6.07) is 1.54. The van der Waals surface area contributed by atoms with Gasteiger partial charge in [-0.1, -0.05) is 0 Å². The Morgan fingerprint density at radius 1 is 1.73 bits per heavy atom. The van der Waals surface area contributed by atoms with Gasteiger partial charge in [0.2, 0.25) is 0 Å². The first kappa shape index (κ1) is 8.49. The van der Waals surface area contributed by atoms with E-state index in [1.54, 1.807) is 6.07 Å². The quantitative estimate of drug-likeness (QED) is 0.687. The van der Waals surface area contributed by atoms with Crippen molar-refractivity contribution in [1.82, 2.24) is 4.98 Å². The molecule has 0 aromatic carbocycles. The van der Waals surface area contributed by atoms with Gasteiger partial charge in [0.25, 0.3) is 0 Å². The molecule has 0 bridgehead atoms. The van der Waals surface area contributed by atoms with E-state index in [0.29, 0.717) is 5.56 Å². The molecule has 0 atom stereocenters. The number of aliphatic hydroxyl groups is 1. The Hall–Kier alpha value is -0.610. The lowest BCUT2D eigenvalue weighted by Crippen LogP contribution is -1.92. The van der Waals surface area contributed by atoms with Crippen LogP contribution in [-0.4, -0.2) is 16.3 Å². The highest BCUT2D eigenvalue weighted by Crippen LogP contribution is 2.14. The minimum absolute atomic E-state index is 0.276. The van der Waals surface area contributed by atoms with Crippen LogP contribution in [0.1, 0.15) is 5.56 Å². The summed E-state index contributed by atoms with van der Waals surface area (Å²) >= 11 is 1.42. The van der Waals surface area contributed by atoms with E-state index in [9.17, 15) is 4.39 Å². The second kappa shape index (κ2) is 3.69. The topological polar surface area (TPSA) is 33.1 Å². The third-order valence-electron chi connectivity index (χ3n) is 1.29. The Kier molecular flexibility index (Phi) is 2.84. The van der Waals surface area contributed by atoms with Crippen molar-refractivity contribution in [3.63, 3.8) is 0 Å². The Morgan fingerprint density at radius 3 is 3.00 bits per heavy atom. The number of aromatic nitrogens is 1. The maximum absolute atomic E-state index is 12.7. The van der Waals surface area contributed by atoms with Crippen molar-refractivity contribution in [2.45, 2.75) is 11.6 Å². The fourth-order valence-corrected chi connectivity index (χ4v) is 1.11.